The average molecular weight is 445 g/mol. The van der Waals surface area contributed by atoms with Crippen molar-refractivity contribution in [1.82, 2.24) is 4.98 Å². The lowest BCUT2D eigenvalue weighted by Gasteiger charge is -2.18. The molecule has 0 spiro atoms. The van der Waals surface area contributed by atoms with Crippen molar-refractivity contribution in [3.8, 4) is 5.75 Å². The summed E-state index contributed by atoms with van der Waals surface area (Å²) < 4.78 is 6.17. The van der Waals surface area contributed by atoms with Crippen LogP contribution in [0.3, 0.4) is 0 Å². The second kappa shape index (κ2) is 10.9. The number of ether oxygens (including phenoxy) is 1. The van der Waals surface area contributed by atoms with Gasteiger partial charge in [-0.3, -0.25) is 15.8 Å². The molecule has 8 nitrogen and oxygen atoms in total. The zero-order valence-electron chi connectivity index (χ0n) is 18.5. The molecule has 0 aliphatic rings. The SMILES string of the molecule is Cc1ncc(CNc2ccc(C(=N)N)cc2)c(CCC=O)c1OCc1cccc(C(=N)N)c1. The molecule has 0 aliphatic carbocycles. The summed E-state index contributed by atoms with van der Waals surface area (Å²) in [6, 6.07) is 14.7. The molecule has 8 heteroatoms. The molecule has 0 aliphatic heterocycles. The lowest BCUT2D eigenvalue weighted by atomic mass is 10.0. The van der Waals surface area contributed by atoms with Crippen LogP contribution < -0.4 is 21.5 Å². The number of anilines is 1. The smallest absolute Gasteiger partial charge is 0.144 e. The molecule has 33 heavy (non-hydrogen) atoms. The van der Waals surface area contributed by atoms with Gasteiger partial charge in [0.15, 0.2) is 0 Å². The number of aldehydes is 1. The molecule has 0 fully saturated rings. The number of nitrogens with two attached hydrogens (primary N) is 2. The number of nitrogens with one attached hydrogen (secondary N) is 3. The van der Waals surface area contributed by atoms with Gasteiger partial charge in [-0.25, -0.2) is 0 Å². The van der Waals surface area contributed by atoms with Crippen LogP contribution in [0.4, 0.5) is 5.69 Å². The largest absolute Gasteiger partial charge is 0.487 e. The van der Waals surface area contributed by atoms with E-state index >= 15 is 0 Å². The maximum Gasteiger partial charge on any atom is 0.144 e. The number of rotatable bonds is 11. The van der Waals surface area contributed by atoms with Gasteiger partial charge in [-0.05, 0) is 54.8 Å². The molecule has 7 N–H and O–H groups in total. The van der Waals surface area contributed by atoms with E-state index < -0.39 is 0 Å². The first-order valence-corrected chi connectivity index (χ1v) is 10.5. The van der Waals surface area contributed by atoms with Gasteiger partial charge in [0.2, 0.25) is 0 Å². The number of hydrogen-bond donors (Lipinski definition) is 5. The van der Waals surface area contributed by atoms with Crippen LogP contribution in [0.5, 0.6) is 5.75 Å². The van der Waals surface area contributed by atoms with Crippen LogP contribution >= 0.6 is 0 Å². The molecular formula is C25H28N6O2. The molecule has 0 bridgehead atoms. The number of carbonyl (C=O) groups is 1. The Morgan fingerprint density at radius 1 is 1.09 bits per heavy atom. The molecule has 0 unspecified atom stereocenters. The quantitative estimate of drug-likeness (QED) is 0.174. The summed E-state index contributed by atoms with van der Waals surface area (Å²) in [7, 11) is 0. The van der Waals surface area contributed by atoms with Crippen LogP contribution in [0.2, 0.25) is 0 Å². The highest BCUT2D eigenvalue weighted by Crippen LogP contribution is 2.28. The van der Waals surface area contributed by atoms with Crippen molar-refractivity contribution < 1.29 is 9.53 Å². The fraction of sp³-hybridized carbons (Fsp3) is 0.200. The van der Waals surface area contributed by atoms with E-state index in [4.69, 9.17) is 27.0 Å². The minimum atomic E-state index is 0.00535. The van der Waals surface area contributed by atoms with E-state index in [1.807, 2.05) is 37.3 Å². The minimum Gasteiger partial charge on any atom is -0.487 e. The second-order valence-electron chi connectivity index (χ2n) is 7.63. The molecular weight excluding hydrogens is 416 g/mol. The van der Waals surface area contributed by atoms with Crippen LogP contribution in [-0.2, 0) is 24.4 Å². The first-order chi connectivity index (χ1) is 15.9. The van der Waals surface area contributed by atoms with E-state index in [-0.39, 0.29) is 11.7 Å². The summed E-state index contributed by atoms with van der Waals surface area (Å²) >= 11 is 0. The molecule has 0 saturated heterocycles. The Bertz CT molecular complexity index is 1160. The number of aryl methyl sites for hydroxylation is 1. The highest BCUT2D eigenvalue weighted by Gasteiger charge is 2.15. The van der Waals surface area contributed by atoms with Gasteiger partial charge in [0.05, 0.1) is 5.69 Å². The van der Waals surface area contributed by atoms with Gasteiger partial charge >= 0.3 is 0 Å². The maximum absolute atomic E-state index is 11.1. The van der Waals surface area contributed by atoms with Crippen LogP contribution in [-0.4, -0.2) is 22.9 Å². The first-order valence-electron chi connectivity index (χ1n) is 10.5. The Hall–Kier alpha value is -4.20. The van der Waals surface area contributed by atoms with E-state index in [1.54, 1.807) is 24.4 Å². The van der Waals surface area contributed by atoms with Crippen LogP contribution in [0, 0.1) is 17.7 Å². The maximum atomic E-state index is 11.1. The van der Waals surface area contributed by atoms with Gasteiger partial charge in [-0.15, -0.1) is 0 Å². The summed E-state index contributed by atoms with van der Waals surface area (Å²) in [5.41, 5.74) is 16.8. The first kappa shape index (κ1) is 23.5. The number of hydrogen-bond acceptors (Lipinski definition) is 6. The summed E-state index contributed by atoms with van der Waals surface area (Å²) in [5, 5.41) is 18.5. The Kier molecular flexibility index (Phi) is 7.75. The molecule has 1 heterocycles. The van der Waals surface area contributed by atoms with Gasteiger partial charge in [-0.1, -0.05) is 18.2 Å². The Morgan fingerprint density at radius 3 is 2.48 bits per heavy atom. The number of nitrogens with zero attached hydrogens (tertiary/aromatic N) is 1. The lowest BCUT2D eigenvalue weighted by Crippen LogP contribution is -2.12. The Morgan fingerprint density at radius 2 is 1.82 bits per heavy atom. The Labute approximate surface area is 193 Å². The summed E-state index contributed by atoms with van der Waals surface area (Å²) in [6.07, 6.45) is 3.61. The monoisotopic (exact) mass is 444 g/mol. The molecule has 2 aromatic carbocycles. The highest BCUT2D eigenvalue weighted by atomic mass is 16.5. The van der Waals surface area contributed by atoms with Gasteiger partial charge in [0.1, 0.15) is 30.3 Å². The average Bonchev–Trinajstić information content (AvgIpc) is 2.81. The number of benzene rings is 2. The third-order valence-corrected chi connectivity index (χ3v) is 5.22. The molecule has 3 rings (SSSR count). The van der Waals surface area contributed by atoms with Crippen molar-refractivity contribution in [2.24, 2.45) is 11.5 Å². The molecule has 0 saturated carbocycles. The summed E-state index contributed by atoms with van der Waals surface area (Å²) in [6.45, 7) is 2.67. The molecule has 0 atom stereocenters. The summed E-state index contributed by atoms with van der Waals surface area (Å²) in [5.74, 6) is 0.693. The molecule has 3 aromatic rings. The normalized spacial score (nSPS) is 10.5. The predicted molar refractivity (Wildman–Crippen MR) is 130 cm³/mol. The second-order valence-corrected chi connectivity index (χ2v) is 7.63. The van der Waals surface area contributed by atoms with E-state index in [2.05, 4.69) is 10.3 Å². The van der Waals surface area contributed by atoms with Crippen molar-refractivity contribution >= 4 is 23.6 Å². The lowest BCUT2D eigenvalue weighted by molar-refractivity contribution is -0.107. The fourth-order valence-corrected chi connectivity index (χ4v) is 3.45. The summed E-state index contributed by atoms with van der Waals surface area (Å²) in [4.78, 5) is 15.6. The molecule has 1 aromatic heterocycles. The minimum absolute atomic E-state index is 0.00535. The predicted octanol–water partition coefficient (Wildman–Crippen LogP) is 3.28. The van der Waals surface area contributed by atoms with Crippen molar-refractivity contribution in [2.75, 3.05) is 5.32 Å². The number of aromatic nitrogens is 1. The molecule has 170 valence electrons. The number of carbonyl (C=O) groups excluding carboxylic acids is 1. The van der Waals surface area contributed by atoms with E-state index in [9.17, 15) is 4.79 Å². The van der Waals surface area contributed by atoms with Gasteiger partial charge < -0.3 is 26.3 Å². The van der Waals surface area contributed by atoms with Crippen LogP contribution in [0.15, 0.2) is 54.7 Å². The van der Waals surface area contributed by atoms with E-state index in [0.29, 0.717) is 42.9 Å². The molecule has 0 amide bonds. The topological polar surface area (TPSA) is 151 Å². The number of nitrogen functional groups attached to an aromatic ring is 2. The van der Waals surface area contributed by atoms with Crippen LogP contribution in [0.25, 0.3) is 0 Å². The van der Waals surface area contributed by atoms with E-state index in [1.165, 1.54) is 0 Å². The standard InChI is InChI=1S/C25H28N6O2/c1-16-23(33-15-17-4-2-5-19(12-17)25(28)29)22(6-3-11-32)20(13-30-16)14-31-21-9-7-18(8-10-21)24(26)27/h2,4-5,7-13,31H,3,6,14-15H2,1H3,(H3,26,27)(H3,28,29). The van der Waals surface area contributed by atoms with Gasteiger partial charge in [0, 0.05) is 41.5 Å². The van der Waals surface area contributed by atoms with Crippen molar-refractivity contribution in [2.45, 2.75) is 32.9 Å². The van der Waals surface area contributed by atoms with Gasteiger partial charge in [-0.2, -0.15) is 0 Å². The third kappa shape index (κ3) is 6.16. The Balaban J connectivity index is 1.81. The van der Waals surface area contributed by atoms with Crippen molar-refractivity contribution in [3.63, 3.8) is 0 Å². The van der Waals surface area contributed by atoms with E-state index in [0.717, 1.165) is 34.4 Å². The van der Waals surface area contributed by atoms with Gasteiger partial charge in [0.25, 0.3) is 0 Å². The zero-order chi connectivity index (χ0) is 23.8. The van der Waals surface area contributed by atoms with Crippen LogP contribution in [0.1, 0.15) is 39.9 Å². The fourth-order valence-electron chi connectivity index (χ4n) is 3.45. The third-order valence-electron chi connectivity index (χ3n) is 5.22. The number of amidine groups is 2. The molecule has 0 radical (unpaired) electrons. The number of pyridine rings is 1. The highest BCUT2D eigenvalue weighted by molar-refractivity contribution is 5.95. The van der Waals surface area contributed by atoms with Crippen molar-refractivity contribution in [1.29, 1.82) is 10.8 Å². The van der Waals surface area contributed by atoms with Crippen molar-refractivity contribution in [3.05, 3.63) is 88.2 Å². The zero-order valence-corrected chi connectivity index (χ0v) is 18.5.